The maximum absolute atomic E-state index is 10.3. The molecule has 0 unspecified atom stereocenters. The van der Waals surface area contributed by atoms with Gasteiger partial charge in [0.05, 0.1) is 0 Å². The molecule has 0 aromatic carbocycles. The van der Waals surface area contributed by atoms with Crippen LogP contribution in [0.4, 0.5) is 0 Å². The number of aliphatic hydroxyl groups excluding tert-OH is 1. The summed E-state index contributed by atoms with van der Waals surface area (Å²) in [6.45, 7) is 0. The molecule has 0 aromatic rings. The highest BCUT2D eigenvalue weighted by atomic mass is 16.3. The Bertz CT molecular complexity index is 195. The van der Waals surface area contributed by atoms with E-state index in [1.807, 2.05) is 0 Å². The van der Waals surface area contributed by atoms with Crippen molar-refractivity contribution >= 4 is 24.1 Å². The first kappa shape index (κ1) is 9.64. The number of hydrogen-bond donors (Lipinski definition) is 1. The summed E-state index contributed by atoms with van der Waals surface area (Å²) in [7, 11) is 0. The first-order chi connectivity index (χ1) is 5.11. The lowest BCUT2D eigenvalue weighted by atomic mass is 10.1. The zero-order chi connectivity index (χ0) is 8.85. The lowest BCUT2D eigenvalue weighted by molar-refractivity contribution is -0.139. The van der Waals surface area contributed by atoms with E-state index in [0.717, 1.165) is 0 Å². The van der Waals surface area contributed by atoms with Crippen molar-refractivity contribution in [2.75, 3.05) is 0 Å². The van der Waals surface area contributed by atoms with Crippen molar-refractivity contribution in [1.82, 2.24) is 0 Å². The quantitative estimate of drug-likeness (QED) is 0.379. The van der Waals surface area contributed by atoms with Gasteiger partial charge in [-0.1, -0.05) is 0 Å². The predicted octanol–water partition coefficient (Wildman–Crippen LogP) is -1.73. The van der Waals surface area contributed by atoms with Crippen LogP contribution in [0.1, 0.15) is 6.42 Å². The second-order valence-electron chi connectivity index (χ2n) is 1.82. The largest absolute Gasteiger partial charge is 0.384 e. The van der Waals surface area contributed by atoms with Crippen LogP contribution < -0.4 is 0 Å². The van der Waals surface area contributed by atoms with Crippen LogP contribution in [0.3, 0.4) is 0 Å². The average Bonchev–Trinajstić information content (AvgIpc) is 2.02. The highest BCUT2D eigenvalue weighted by molar-refractivity contribution is 6.30. The van der Waals surface area contributed by atoms with Gasteiger partial charge in [-0.25, -0.2) is 0 Å². The molecule has 0 radical (unpaired) electrons. The topological polar surface area (TPSA) is 88.5 Å². The lowest BCUT2D eigenvalue weighted by Crippen LogP contribution is -2.24. The van der Waals surface area contributed by atoms with Crippen molar-refractivity contribution in [2.24, 2.45) is 0 Å². The van der Waals surface area contributed by atoms with Crippen LogP contribution in [0, 0.1) is 0 Å². The van der Waals surface area contributed by atoms with E-state index < -0.39 is 24.1 Å². The van der Waals surface area contributed by atoms with E-state index in [4.69, 9.17) is 5.11 Å². The molecule has 0 fully saturated rings. The van der Waals surface area contributed by atoms with Crippen LogP contribution in [0.15, 0.2) is 0 Å². The summed E-state index contributed by atoms with van der Waals surface area (Å²) in [6, 6.07) is 0. The first-order valence-electron chi connectivity index (χ1n) is 2.77. The van der Waals surface area contributed by atoms with E-state index in [9.17, 15) is 19.2 Å². The Labute approximate surface area is 62.0 Å². The van der Waals surface area contributed by atoms with E-state index in [-0.39, 0.29) is 12.6 Å². The van der Waals surface area contributed by atoms with Crippen LogP contribution >= 0.6 is 0 Å². The Kier molecular flexibility index (Phi) is 3.90. The number of Topliss-reactive ketones (excluding diaryl/α,β-unsaturated/α-hetero) is 2. The standard InChI is InChI=1S/C6H6O5/c7-2-4(9)1-5(10)6(11)3-8/h2-3,5,10H,1H2/t5-/m0/s1. The van der Waals surface area contributed by atoms with E-state index in [2.05, 4.69) is 0 Å². The normalized spacial score (nSPS) is 11.7. The molecular weight excluding hydrogens is 152 g/mol. The van der Waals surface area contributed by atoms with Crippen molar-refractivity contribution in [1.29, 1.82) is 0 Å². The molecule has 5 nitrogen and oxygen atoms in total. The van der Waals surface area contributed by atoms with Gasteiger partial charge in [-0.05, 0) is 0 Å². The van der Waals surface area contributed by atoms with Crippen LogP contribution in [-0.4, -0.2) is 35.3 Å². The molecule has 1 atom stereocenters. The number of ketones is 2. The molecule has 0 heterocycles. The van der Waals surface area contributed by atoms with Gasteiger partial charge in [-0.2, -0.15) is 0 Å². The van der Waals surface area contributed by atoms with Crippen LogP contribution in [0.2, 0.25) is 0 Å². The monoisotopic (exact) mass is 158 g/mol. The van der Waals surface area contributed by atoms with Gasteiger partial charge < -0.3 is 5.11 Å². The number of aldehydes is 2. The summed E-state index contributed by atoms with van der Waals surface area (Å²) in [6.07, 6.45) is -2.41. The van der Waals surface area contributed by atoms with E-state index in [1.165, 1.54) is 0 Å². The molecule has 60 valence electrons. The number of hydrogen-bond acceptors (Lipinski definition) is 5. The average molecular weight is 158 g/mol. The zero-order valence-electron chi connectivity index (χ0n) is 5.52. The highest BCUT2D eigenvalue weighted by Gasteiger charge is 2.17. The zero-order valence-corrected chi connectivity index (χ0v) is 5.52. The summed E-state index contributed by atoms with van der Waals surface area (Å²) >= 11 is 0. The minimum Gasteiger partial charge on any atom is -0.384 e. The van der Waals surface area contributed by atoms with E-state index >= 15 is 0 Å². The van der Waals surface area contributed by atoms with Gasteiger partial charge in [-0.15, -0.1) is 0 Å². The maximum atomic E-state index is 10.3. The minimum absolute atomic E-state index is 0.0126. The first-order valence-corrected chi connectivity index (χ1v) is 2.77. The molecule has 0 aromatic heterocycles. The lowest BCUT2D eigenvalue weighted by Gasteiger charge is -1.99. The Morgan fingerprint density at radius 3 is 2.18 bits per heavy atom. The second kappa shape index (κ2) is 4.45. The van der Waals surface area contributed by atoms with Crippen molar-refractivity contribution in [2.45, 2.75) is 12.5 Å². The molecule has 0 aliphatic rings. The fourth-order valence-electron chi connectivity index (χ4n) is 0.418. The van der Waals surface area contributed by atoms with Crippen LogP contribution in [0.25, 0.3) is 0 Å². The summed E-state index contributed by atoms with van der Waals surface area (Å²) in [4.78, 5) is 39.9. The molecule has 0 rings (SSSR count). The van der Waals surface area contributed by atoms with Crippen molar-refractivity contribution in [3.05, 3.63) is 0 Å². The summed E-state index contributed by atoms with van der Waals surface area (Å²) in [5.74, 6) is -2.01. The minimum atomic E-state index is -1.68. The van der Waals surface area contributed by atoms with Crippen molar-refractivity contribution in [3.63, 3.8) is 0 Å². The number of aliphatic hydroxyl groups is 1. The van der Waals surface area contributed by atoms with Gasteiger partial charge in [-0.3, -0.25) is 19.2 Å². The fraction of sp³-hybridized carbons (Fsp3) is 0.333. The highest BCUT2D eigenvalue weighted by Crippen LogP contribution is 1.91. The van der Waals surface area contributed by atoms with Gasteiger partial charge in [0.1, 0.15) is 6.10 Å². The third-order valence-corrected chi connectivity index (χ3v) is 0.971. The third kappa shape index (κ3) is 3.36. The molecule has 0 aliphatic carbocycles. The molecule has 0 bridgehead atoms. The summed E-state index contributed by atoms with van der Waals surface area (Å²) in [5, 5.41) is 8.66. The molecule has 1 N–H and O–H groups in total. The van der Waals surface area contributed by atoms with Crippen molar-refractivity contribution in [3.8, 4) is 0 Å². The number of carbonyl (C=O) groups excluding carboxylic acids is 4. The van der Waals surface area contributed by atoms with Gasteiger partial charge >= 0.3 is 0 Å². The smallest absolute Gasteiger partial charge is 0.223 e. The molecule has 5 heteroatoms. The Balaban J connectivity index is 3.95. The van der Waals surface area contributed by atoms with E-state index in [0.29, 0.717) is 0 Å². The van der Waals surface area contributed by atoms with Crippen molar-refractivity contribution < 1.29 is 24.3 Å². The molecule has 0 spiro atoms. The molecular formula is C6H6O5. The third-order valence-electron chi connectivity index (χ3n) is 0.971. The predicted molar refractivity (Wildman–Crippen MR) is 32.8 cm³/mol. The summed E-state index contributed by atoms with van der Waals surface area (Å²) < 4.78 is 0. The van der Waals surface area contributed by atoms with E-state index in [1.54, 1.807) is 0 Å². The Hall–Kier alpha value is -1.36. The molecule has 0 amide bonds. The SMILES string of the molecule is O=CC(=O)C[C@H](O)C(=O)C=O. The van der Waals surface area contributed by atoms with Gasteiger partial charge in [0.15, 0.2) is 18.4 Å². The van der Waals surface area contributed by atoms with Crippen LogP contribution in [0.5, 0.6) is 0 Å². The second-order valence-corrected chi connectivity index (χ2v) is 1.82. The Morgan fingerprint density at radius 1 is 1.27 bits per heavy atom. The van der Waals surface area contributed by atoms with Crippen LogP contribution in [-0.2, 0) is 19.2 Å². The fourth-order valence-corrected chi connectivity index (χ4v) is 0.418. The molecule has 11 heavy (non-hydrogen) atoms. The van der Waals surface area contributed by atoms with Gasteiger partial charge in [0.25, 0.3) is 0 Å². The summed E-state index contributed by atoms with van der Waals surface area (Å²) in [5.41, 5.74) is 0. The number of rotatable bonds is 5. The molecule has 0 aliphatic heterocycles. The number of carbonyl (C=O) groups is 4. The molecule has 0 saturated carbocycles. The molecule has 0 saturated heterocycles. The van der Waals surface area contributed by atoms with Gasteiger partial charge in [0, 0.05) is 6.42 Å². The van der Waals surface area contributed by atoms with Gasteiger partial charge in [0.2, 0.25) is 5.78 Å². The Morgan fingerprint density at radius 2 is 1.82 bits per heavy atom. The maximum Gasteiger partial charge on any atom is 0.223 e.